The molecule has 3 aromatic rings. The summed E-state index contributed by atoms with van der Waals surface area (Å²) in [6, 6.07) is 11.9. The molecule has 1 fully saturated rings. The van der Waals surface area contributed by atoms with Gasteiger partial charge >= 0.3 is 6.09 Å². The lowest BCUT2D eigenvalue weighted by molar-refractivity contribution is 0.0563. The minimum absolute atomic E-state index is 0.0168. The van der Waals surface area contributed by atoms with Crippen LogP contribution in [-0.4, -0.2) is 66.3 Å². The molecule has 2 amide bonds. The molecule has 1 aromatic carbocycles. The number of hydrogen-bond donors (Lipinski definition) is 0. The quantitative estimate of drug-likeness (QED) is 0.623. The van der Waals surface area contributed by atoms with Gasteiger partial charge in [0, 0.05) is 37.1 Å². The van der Waals surface area contributed by atoms with Crippen LogP contribution in [0.3, 0.4) is 0 Å². The lowest BCUT2D eigenvalue weighted by Crippen LogP contribution is -2.51. The Morgan fingerprint density at radius 2 is 1.80 bits per heavy atom. The lowest BCUT2D eigenvalue weighted by Gasteiger charge is -2.34. The highest BCUT2D eigenvalue weighted by atomic mass is 32.1. The van der Waals surface area contributed by atoms with Crippen LogP contribution in [0.4, 0.5) is 4.79 Å². The zero-order chi connectivity index (χ0) is 21.1. The summed E-state index contributed by atoms with van der Waals surface area (Å²) in [5, 5.41) is 3.10. The van der Waals surface area contributed by atoms with Crippen LogP contribution in [0.5, 0.6) is 5.75 Å². The molecular weight excluding hydrogens is 402 g/mol. The van der Waals surface area contributed by atoms with Crippen molar-refractivity contribution in [3.63, 3.8) is 0 Å². The molecule has 1 saturated heterocycles. The number of methoxy groups -OCH3 is 1. The second-order valence-corrected chi connectivity index (χ2v) is 7.98. The predicted octanol–water partition coefficient (Wildman–Crippen LogP) is 3.67. The zero-order valence-electron chi connectivity index (χ0n) is 17.2. The van der Waals surface area contributed by atoms with Gasteiger partial charge in [0.2, 0.25) is 0 Å². The molecule has 1 aliphatic rings. The average molecular weight is 428 g/mol. The highest BCUT2D eigenvalue weighted by molar-refractivity contribution is 7.16. The molecule has 0 spiro atoms. The fraction of sp³-hybridized carbons (Fsp3) is 0.364. The van der Waals surface area contributed by atoms with Gasteiger partial charge < -0.3 is 23.8 Å². The average Bonchev–Trinajstić information content (AvgIpc) is 3.36. The Bertz CT molecular complexity index is 1050. The Balaban J connectivity index is 1.57. The third kappa shape index (κ3) is 3.87. The summed E-state index contributed by atoms with van der Waals surface area (Å²) in [7, 11) is 1.66. The normalized spacial score (nSPS) is 14.2. The van der Waals surface area contributed by atoms with E-state index in [1.165, 1.54) is 0 Å². The first-order valence-electron chi connectivity index (χ1n) is 10.0. The molecule has 0 N–H and O–H groups in total. The number of nitrogens with zero attached hydrogens (tertiary/aromatic N) is 3. The largest absolute Gasteiger partial charge is 0.496 e. The number of para-hydroxylation sites is 1. The standard InChI is InChI=1S/C22H25N3O4S/c1-3-29-22(27)24-11-9-23(10-12-24)20(26)18-14-16-8-13-30-21(16)25(18)15-17-6-4-5-7-19(17)28-2/h4-8,13-14H,3,9-12,15H2,1-2H3. The molecule has 0 aliphatic carbocycles. The number of thiophene rings is 1. The molecule has 158 valence electrons. The van der Waals surface area contributed by atoms with Crippen molar-refractivity contribution in [2.75, 3.05) is 39.9 Å². The van der Waals surface area contributed by atoms with E-state index < -0.39 is 0 Å². The van der Waals surface area contributed by atoms with Crippen LogP contribution in [0, 0.1) is 0 Å². The summed E-state index contributed by atoms with van der Waals surface area (Å²) in [5.74, 6) is 0.786. The van der Waals surface area contributed by atoms with Crippen molar-refractivity contribution < 1.29 is 19.1 Å². The van der Waals surface area contributed by atoms with Crippen LogP contribution < -0.4 is 4.74 Å². The Morgan fingerprint density at radius 1 is 1.07 bits per heavy atom. The van der Waals surface area contributed by atoms with Gasteiger partial charge in [0.1, 0.15) is 16.3 Å². The molecule has 0 radical (unpaired) electrons. The Labute approximate surface area is 179 Å². The topological polar surface area (TPSA) is 64.0 Å². The molecule has 2 aromatic heterocycles. The van der Waals surface area contributed by atoms with Crippen LogP contribution in [0.1, 0.15) is 23.0 Å². The third-order valence-corrected chi connectivity index (χ3v) is 6.29. The van der Waals surface area contributed by atoms with Gasteiger partial charge in [-0.1, -0.05) is 18.2 Å². The van der Waals surface area contributed by atoms with Crippen LogP contribution in [0.15, 0.2) is 41.8 Å². The molecule has 8 heteroatoms. The van der Waals surface area contributed by atoms with E-state index in [2.05, 4.69) is 4.57 Å². The predicted molar refractivity (Wildman–Crippen MR) is 116 cm³/mol. The van der Waals surface area contributed by atoms with Crippen molar-refractivity contribution in [1.29, 1.82) is 0 Å². The molecule has 0 bridgehead atoms. The first-order chi connectivity index (χ1) is 14.6. The van der Waals surface area contributed by atoms with E-state index in [0.717, 1.165) is 21.5 Å². The number of amides is 2. The van der Waals surface area contributed by atoms with Crippen molar-refractivity contribution in [3.8, 4) is 5.75 Å². The van der Waals surface area contributed by atoms with Gasteiger partial charge in [-0.3, -0.25) is 4.79 Å². The van der Waals surface area contributed by atoms with Gasteiger partial charge in [-0.05, 0) is 30.5 Å². The second kappa shape index (κ2) is 8.79. The van der Waals surface area contributed by atoms with Gasteiger partial charge in [-0.2, -0.15) is 0 Å². The number of aromatic nitrogens is 1. The van der Waals surface area contributed by atoms with Crippen molar-refractivity contribution in [1.82, 2.24) is 14.4 Å². The molecule has 4 rings (SSSR count). The number of fused-ring (bicyclic) bond motifs is 1. The Hall–Kier alpha value is -3.00. The van der Waals surface area contributed by atoms with E-state index in [9.17, 15) is 9.59 Å². The van der Waals surface area contributed by atoms with Crippen LogP contribution in [-0.2, 0) is 11.3 Å². The van der Waals surface area contributed by atoms with Gasteiger partial charge in [-0.15, -0.1) is 11.3 Å². The first kappa shape index (κ1) is 20.3. The van der Waals surface area contributed by atoms with Crippen LogP contribution in [0.25, 0.3) is 10.2 Å². The molecule has 30 heavy (non-hydrogen) atoms. The number of ether oxygens (including phenoxy) is 2. The number of benzene rings is 1. The highest BCUT2D eigenvalue weighted by Gasteiger charge is 2.28. The van der Waals surface area contributed by atoms with E-state index in [1.807, 2.05) is 46.7 Å². The van der Waals surface area contributed by atoms with Gasteiger partial charge in [-0.25, -0.2) is 4.79 Å². The van der Waals surface area contributed by atoms with E-state index in [4.69, 9.17) is 9.47 Å². The summed E-state index contributed by atoms with van der Waals surface area (Å²) in [4.78, 5) is 29.8. The number of hydrogen-bond acceptors (Lipinski definition) is 5. The minimum atomic E-state index is -0.315. The molecule has 0 unspecified atom stereocenters. The number of carbonyl (C=O) groups excluding carboxylic acids is 2. The molecule has 0 atom stereocenters. The minimum Gasteiger partial charge on any atom is -0.496 e. The summed E-state index contributed by atoms with van der Waals surface area (Å²) in [6.45, 7) is 4.64. The molecule has 0 saturated carbocycles. The fourth-order valence-corrected chi connectivity index (χ4v) is 4.68. The number of piperazine rings is 1. The summed E-state index contributed by atoms with van der Waals surface area (Å²) < 4.78 is 12.6. The van der Waals surface area contributed by atoms with Crippen molar-refractivity contribution in [2.24, 2.45) is 0 Å². The van der Waals surface area contributed by atoms with E-state index in [-0.39, 0.29) is 12.0 Å². The maximum absolute atomic E-state index is 13.4. The van der Waals surface area contributed by atoms with Crippen LogP contribution in [0.2, 0.25) is 0 Å². The fourth-order valence-electron chi connectivity index (χ4n) is 3.78. The van der Waals surface area contributed by atoms with Crippen LogP contribution >= 0.6 is 11.3 Å². The van der Waals surface area contributed by atoms with Crippen molar-refractivity contribution in [3.05, 3.63) is 53.0 Å². The summed E-state index contributed by atoms with van der Waals surface area (Å²) >= 11 is 1.62. The summed E-state index contributed by atoms with van der Waals surface area (Å²) in [5.41, 5.74) is 1.68. The second-order valence-electron chi connectivity index (χ2n) is 7.09. The van der Waals surface area contributed by atoms with E-state index in [1.54, 1.807) is 30.3 Å². The first-order valence-corrected chi connectivity index (χ1v) is 10.9. The van der Waals surface area contributed by atoms with Gasteiger partial charge in [0.25, 0.3) is 5.91 Å². The number of rotatable bonds is 5. The van der Waals surface area contributed by atoms with Gasteiger partial charge in [0.15, 0.2) is 0 Å². The summed E-state index contributed by atoms with van der Waals surface area (Å²) in [6.07, 6.45) is -0.315. The Morgan fingerprint density at radius 3 is 2.53 bits per heavy atom. The molecule has 7 nitrogen and oxygen atoms in total. The lowest BCUT2D eigenvalue weighted by atomic mass is 10.2. The maximum Gasteiger partial charge on any atom is 0.409 e. The van der Waals surface area contributed by atoms with Gasteiger partial charge in [0.05, 0.1) is 20.3 Å². The number of carbonyl (C=O) groups is 2. The molecule has 1 aliphatic heterocycles. The SMILES string of the molecule is CCOC(=O)N1CCN(C(=O)c2cc3ccsc3n2Cc2ccccc2OC)CC1. The highest BCUT2D eigenvalue weighted by Crippen LogP contribution is 2.29. The monoisotopic (exact) mass is 427 g/mol. The smallest absolute Gasteiger partial charge is 0.409 e. The van der Waals surface area contributed by atoms with Crippen molar-refractivity contribution in [2.45, 2.75) is 13.5 Å². The van der Waals surface area contributed by atoms with Crippen molar-refractivity contribution >= 4 is 33.6 Å². The Kier molecular flexibility index (Phi) is 5.94. The molecule has 3 heterocycles. The van der Waals surface area contributed by atoms with E-state index >= 15 is 0 Å². The third-order valence-electron chi connectivity index (χ3n) is 5.34. The maximum atomic E-state index is 13.4. The zero-order valence-corrected chi connectivity index (χ0v) is 18.0. The van der Waals surface area contributed by atoms with E-state index in [0.29, 0.717) is 45.0 Å². The molecular formula is C22H25N3O4S.